The largest absolute Gasteiger partial charge is 0.497 e. The third-order valence-corrected chi connectivity index (χ3v) is 6.70. The Morgan fingerprint density at radius 2 is 1.95 bits per heavy atom. The molecule has 3 nitrogen and oxygen atoms in total. The average molecular weight is 292 g/mol. The predicted molar refractivity (Wildman–Crippen MR) is 79.6 cm³/mol. The van der Waals surface area contributed by atoms with Crippen LogP contribution in [0.15, 0.2) is 24.3 Å². The summed E-state index contributed by atoms with van der Waals surface area (Å²) in [6, 6.07) is 7.37. The lowest BCUT2D eigenvalue weighted by Gasteiger charge is -2.37. The highest BCUT2D eigenvalue weighted by atomic mass is 32.2. The van der Waals surface area contributed by atoms with Crippen LogP contribution >= 0.6 is 0 Å². The molecule has 0 aromatic heterocycles. The van der Waals surface area contributed by atoms with Crippen molar-refractivity contribution in [3.63, 3.8) is 0 Å². The van der Waals surface area contributed by atoms with E-state index in [1.165, 1.54) is 6.42 Å². The molecule has 2 saturated heterocycles. The molecule has 1 aromatic carbocycles. The number of rotatable bonds is 3. The van der Waals surface area contributed by atoms with Crippen LogP contribution in [0.4, 0.5) is 0 Å². The van der Waals surface area contributed by atoms with E-state index in [0.717, 1.165) is 37.0 Å². The summed E-state index contributed by atoms with van der Waals surface area (Å²) in [6.45, 7) is 0. The van der Waals surface area contributed by atoms with E-state index in [-0.39, 0.29) is 22.2 Å². The maximum atomic E-state index is 12.7. The lowest BCUT2D eigenvalue weighted by atomic mass is 9.84. The smallest absolute Gasteiger partial charge is 0.166 e. The maximum absolute atomic E-state index is 12.7. The topological polar surface area (TPSA) is 43.4 Å². The van der Waals surface area contributed by atoms with Crippen LogP contribution in [0.2, 0.25) is 0 Å². The van der Waals surface area contributed by atoms with Gasteiger partial charge >= 0.3 is 0 Å². The quantitative estimate of drug-likeness (QED) is 0.804. The maximum Gasteiger partial charge on any atom is 0.166 e. The lowest BCUT2D eigenvalue weighted by Crippen LogP contribution is -2.41. The predicted octanol–water partition coefficient (Wildman–Crippen LogP) is 2.96. The van der Waals surface area contributed by atoms with Gasteiger partial charge in [0.15, 0.2) is 5.78 Å². The van der Waals surface area contributed by atoms with E-state index in [1.807, 2.05) is 24.3 Å². The van der Waals surface area contributed by atoms with Crippen molar-refractivity contribution in [3.8, 4) is 5.75 Å². The molecule has 0 N–H and O–H groups in total. The van der Waals surface area contributed by atoms with Crippen molar-refractivity contribution in [2.45, 2.75) is 42.6 Å². The number of carbonyl (C=O) groups excluding carboxylic acids is 1. The number of carbonyl (C=O) groups is 1. The van der Waals surface area contributed by atoms with Gasteiger partial charge in [-0.15, -0.1) is 0 Å². The first-order valence-electron chi connectivity index (χ1n) is 7.26. The van der Waals surface area contributed by atoms with Gasteiger partial charge in [0.1, 0.15) is 5.75 Å². The standard InChI is InChI=1S/C16H20O3S/c1-19-13-5-2-4-11(8-13)16(17)12-9-14-6-3-7-15(10-12)20(14)18/h2,4-5,8,12,14-15H,3,6-7,9-10H2,1H3. The van der Waals surface area contributed by atoms with Crippen LogP contribution in [0.3, 0.4) is 0 Å². The van der Waals surface area contributed by atoms with Crippen LogP contribution in [0.1, 0.15) is 42.5 Å². The first-order valence-corrected chi connectivity index (χ1v) is 8.54. The molecule has 0 radical (unpaired) electrons. The zero-order chi connectivity index (χ0) is 14.1. The molecule has 2 aliphatic heterocycles. The second-order valence-electron chi connectivity index (χ2n) is 5.77. The third-order valence-electron chi connectivity index (χ3n) is 4.53. The van der Waals surface area contributed by atoms with Crippen LogP contribution in [0.25, 0.3) is 0 Å². The minimum absolute atomic E-state index is 0.0371. The summed E-state index contributed by atoms with van der Waals surface area (Å²) in [5, 5.41) is 0.476. The zero-order valence-electron chi connectivity index (χ0n) is 11.7. The van der Waals surface area contributed by atoms with Gasteiger partial charge in [-0.05, 0) is 37.8 Å². The van der Waals surface area contributed by atoms with Gasteiger partial charge in [-0.1, -0.05) is 18.6 Å². The normalized spacial score (nSPS) is 32.6. The molecule has 2 aliphatic rings. The lowest BCUT2D eigenvalue weighted by molar-refractivity contribution is 0.0895. The van der Waals surface area contributed by atoms with E-state index in [4.69, 9.17) is 4.74 Å². The first-order chi connectivity index (χ1) is 9.69. The fraction of sp³-hybridized carbons (Fsp3) is 0.562. The number of ketones is 1. The molecular formula is C16H20O3S. The van der Waals surface area contributed by atoms with E-state index < -0.39 is 10.8 Å². The second kappa shape index (κ2) is 5.68. The molecule has 108 valence electrons. The number of benzene rings is 1. The van der Waals surface area contributed by atoms with Crippen molar-refractivity contribution in [2.75, 3.05) is 7.11 Å². The number of hydrogen-bond donors (Lipinski definition) is 0. The molecule has 2 bridgehead atoms. The molecule has 0 saturated carbocycles. The molecule has 2 atom stereocenters. The van der Waals surface area contributed by atoms with Crippen molar-refractivity contribution >= 4 is 16.6 Å². The van der Waals surface area contributed by atoms with Crippen LogP contribution < -0.4 is 4.74 Å². The Morgan fingerprint density at radius 1 is 1.25 bits per heavy atom. The molecule has 2 fully saturated rings. The summed E-state index contributed by atoms with van der Waals surface area (Å²) in [5.41, 5.74) is 0.722. The van der Waals surface area contributed by atoms with Gasteiger partial charge in [0.25, 0.3) is 0 Å². The van der Waals surface area contributed by atoms with Gasteiger partial charge in [0.2, 0.25) is 0 Å². The zero-order valence-corrected chi connectivity index (χ0v) is 12.5. The summed E-state index contributed by atoms with van der Waals surface area (Å²) in [4.78, 5) is 12.7. The van der Waals surface area contributed by atoms with Gasteiger partial charge in [-0.2, -0.15) is 0 Å². The van der Waals surface area contributed by atoms with E-state index in [0.29, 0.717) is 0 Å². The first kappa shape index (κ1) is 13.8. The molecule has 1 aromatic rings. The van der Waals surface area contributed by atoms with Gasteiger partial charge in [0.05, 0.1) is 7.11 Å². The van der Waals surface area contributed by atoms with Crippen molar-refractivity contribution < 1.29 is 13.7 Å². The van der Waals surface area contributed by atoms with E-state index >= 15 is 0 Å². The summed E-state index contributed by atoms with van der Waals surface area (Å²) >= 11 is 0. The van der Waals surface area contributed by atoms with Crippen LogP contribution in [0.5, 0.6) is 5.75 Å². The number of hydrogen-bond acceptors (Lipinski definition) is 3. The molecule has 2 heterocycles. The van der Waals surface area contributed by atoms with Crippen LogP contribution in [-0.2, 0) is 10.8 Å². The monoisotopic (exact) mass is 292 g/mol. The highest BCUT2D eigenvalue weighted by Crippen LogP contribution is 2.38. The molecule has 0 amide bonds. The van der Waals surface area contributed by atoms with Crippen molar-refractivity contribution in [3.05, 3.63) is 29.8 Å². The van der Waals surface area contributed by atoms with E-state index in [1.54, 1.807) is 7.11 Å². The molecule has 2 unspecified atom stereocenters. The Balaban J connectivity index is 1.79. The van der Waals surface area contributed by atoms with Gasteiger partial charge in [-0.3, -0.25) is 9.00 Å². The summed E-state index contributed by atoms with van der Waals surface area (Å²) in [5.74, 6) is 0.947. The second-order valence-corrected chi connectivity index (χ2v) is 7.76. The Bertz CT molecular complexity index is 524. The number of fused-ring (bicyclic) bond motifs is 2. The molecule has 0 spiro atoms. The van der Waals surface area contributed by atoms with Gasteiger partial charge in [-0.25, -0.2) is 0 Å². The number of Topliss-reactive ketones (excluding diaryl/α,β-unsaturated/α-hetero) is 1. The minimum Gasteiger partial charge on any atom is -0.497 e. The van der Waals surface area contributed by atoms with Gasteiger partial charge in [0, 0.05) is 32.8 Å². The highest BCUT2D eigenvalue weighted by molar-refractivity contribution is 7.86. The third kappa shape index (κ3) is 2.53. The van der Waals surface area contributed by atoms with E-state index in [9.17, 15) is 9.00 Å². The Labute approximate surface area is 122 Å². The van der Waals surface area contributed by atoms with Crippen LogP contribution in [0, 0.1) is 5.92 Å². The average Bonchev–Trinajstić information content (AvgIpc) is 2.46. The van der Waals surface area contributed by atoms with Crippen molar-refractivity contribution in [2.24, 2.45) is 5.92 Å². The Morgan fingerprint density at radius 3 is 2.60 bits per heavy atom. The fourth-order valence-electron chi connectivity index (χ4n) is 3.46. The Kier molecular flexibility index (Phi) is 3.92. The summed E-state index contributed by atoms with van der Waals surface area (Å²) in [6.07, 6.45) is 4.79. The molecular weight excluding hydrogens is 272 g/mol. The van der Waals surface area contributed by atoms with E-state index in [2.05, 4.69) is 0 Å². The molecule has 3 rings (SSSR count). The highest BCUT2D eigenvalue weighted by Gasteiger charge is 2.40. The molecule has 4 heteroatoms. The van der Waals surface area contributed by atoms with Crippen LogP contribution in [-0.4, -0.2) is 27.6 Å². The summed E-state index contributed by atoms with van der Waals surface area (Å²) < 4.78 is 17.4. The number of methoxy groups -OCH3 is 1. The minimum atomic E-state index is -0.713. The fourth-order valence-corrected chi connectivity index (χ4v) is 5.65. The molecule has 0 aliphatic carbocycles. The summed E-state index contributed by atoms with van der Waals surface area (Å²) in [7, 11) is 0.896. The van der Waals surface area contributed by atoms with Gasteiger partial charge < -0.3 is 4.74 Å². The molecule has 20 heavy (non-hydrogen) atoms. The van der Waals surface area contributed by atoms with Crippen molar-refractivity contribution in [1.29, 1.82) is 0 Å². The Hall–Kier alpha value is -1.16. The number of ether oxygens (including phenoxy) is 1. The SMILES string of the molecule is COc1cccc(C(=O)C2CC3CCCC(C2)S3=O)c1. The van der Waals surface area contributed by atoms with Crippen molar-refractivity contribution in [1.82, 2.24) is 0 Å².